The van der Waals surface area contributed by atoms with Crippen molar-refractivity contribution in [2.45, 2.75) is 101 Å². The largest absolute Gasteiger partial charge is 0.508 e. The second-order valence-electron chi connectivity index (χ2n) is 13.9. The molecule has 14 unspecified atom stereocenters. The van der Waals surface area contributed by atoms with E-state index in [9.17, 15) is 66.1 Å². The standard InChI is InChI=1S/C36H44O20/c1-12(2)3-8-15-19(51-34-26(46)22(42)24(44)32(48)55-34)9-17(39)20-21(41)31(28(52-29(15)20)13-4-6-14(38)7-5-13)54-36-30(16(10-37)18(40)11-50-36)53-35-27(47)23(43)25(45)33(49)56-35/h3-7,9,16,18,22-27,30,32-40,42-49H,8,10-11H2,1-2H3. The van der Waals surface area contributed by atoms with Crippen molar-refractivity contribution in [3.63, 3.8) is 0 Å². The molecule has 6 rings (SSSR count). The maximum atomic E-state index is 14.6. The molecular weight excluding hydrogens is 752 g/mol. The van der Waals surface area contributed by atoms with E-state index in [-0.39, 0.29) is 40.4 Å². The molecule has 0 spiro atoms. The van der Waals surface area contributed by atoms with Gasteiger partial charge in [-0.1, -0.05) is 11.6 Å². The van der Waals surface area contributed by atoms with Gasteiger partial charge in [0.15, 0.2) is 24.6 Å². The highest BCUT2D eigenvalue weighted by molar-refractivity contribution is 5.91. The third-order valence-corrected chi connectivity index (χ3v) is 9.69. The Hall–Kier alpha value is -3.97. The molecule has 3 aliphatic rings. The minimum absolute atomic E-state index is 0.0308. The maximum Gasteiger partial charge on any atom is 0.239 e. The molecule has 2 aromatic carbocycles. The summed E-state index contributed by atoms with van der Waals surface area (Å²) in [5.74, 6) is -3.35. The highest BCUT2D eigenvalue weighted by atomic mass is 16.8. The molecular formula is C36H44O20. The molecule has 0 aliphatic carbocycles. The molecule has 3 aromatic rings. The van der Waals surface area contributed by atoms with E-state index in [1.54, 1.807) is 19.9 Å². The van der Waals surface area contributed by atoms with Crippen molar-refractivity contribution >= 4 is 11.0 Å². The zero-order valence-electron chi connectivity index (χ0n) is 29.8. The van der Waals surface area contributed by atoms with Crippen LogP contribution in [0.3, 0.4) is 0 Å². The first-order valence-corrected chi connectivity index (χ1v) is 17.5. The van der Waals surface area contributed by atoms with E-state index in [1.807, 2.05) is 0 Å². The van der Waals surface area contributed by atoms with Crippen molar-refractivity contribution in [2.75, 3.05) is 13.2 Å². The highest BCUT2D eigenvalue weighted by Gasteiger charge is 2.50. The van der Waals surface area contributed by atoms with Gasteiger partial charge in [-0.15, -0.1) is 0 Å². The van der Waals surface area contributed by atoms with E-state index in [2.05, 4.69) is 0 Å². The quantitative estimate of drug-likeness (QED) is 0.0933. The Labute approximate surface area is 316 Å². The summed E-state index contributed by atoms with van der Waals surface area (Å²) >= 11 is 0. The van der Waals surface area contributed by atoms with Gasteiger partial charge in [0.05, 0.1) is 19.3 Å². The zero-order chi connectivity index (χ0) is 40.7. The lowest BCUT2D eigenvalue weighted by atomic mass is 9.93. The van der Waals surface area contributed by atoms with Crippen LogP contribution in [0.25, 0.3) is 22.3 Å². The summed E-state index contributed by atoms with van der Waals surface area (Å²) in [6.07, 6.45) is -22.2. The van der Waals surface area contributed by atoms with Gasteiger partial charge in [-0.25, -0.2) is 0 Å². The fourth-order valence-electron chi connectivity index (χ4n) is 6.46. The fourth-order valence-corrected chi connectivity index (χ4v) is 6.46. The van der Waals surface area contributed by atoms with E-state index in [0.29, 0.717) is 0 Å². The molecule has 20 heteroatoms. The van der Waals surface area contributed by atoms with Gasteiger partial charge in [-0.3, -0.25) is 4.79 Å². The van der Waals surface area contributed by atoms with Crippen LogP contribution in [0.5, 0.6) is 23.0 Å². The Bertz CT molecular complexity index is 1930. The number of hydrogen-bond donors (Lipinski definition) is 12. The lowest BCUT2D eigenvalue weighted by Gasteiger charge is -2.44. The summed E-state index contributed by atoms with van der Waals surface area (Å²) in [6.45, 7) is 2.30. The summed E-state index contributed by atoms with van der Waals surface area (Å²) in [5, 5.41) is 124. The number of hydrogen-bond acceptors (Lipinski definition) is 20. The predicted octanol–water partition coefficient (Wildman–Crippen LogP) is -2.64. The Balaban J connectivity index is 1.49. The zero-order valence-corrected chi connectivity index (χ0v) is 29.8. The number of rotatable bonds is 10. The first-order chi connectivity index (χ1) is 26.5. The Morgan fingerprint density at radius 3 is 2.02 bits per heavy atom. The molecule has 12 N–H and O–H groups in total. The second kappa shape index (κ2) is 16.9. The van der Waals surface area contributed by atoms with Crippen LogP contribution < -0.4 is 14.9 Å². The smallest absolute Gasteiger partial charge is 0.239 e. The number of ether oxygens (including phenoxy) is 6. The topological polar surface area (TPSA) is 328 Å². The monoisotopic (exact) mass is 796 g/mol. The molecule has 3 fully saturated rings. The molecule has 3 aliphatic heterocycles. The number of fused-ring (bicyclic) bond motifs is 1. The van der Waals surface area contributed by atoms with Crippen LogP contribution in [0.2, 0.25) is 0 Å². The molecule has 308 valence electrons. The van der Waals surface area contributed by atoms with E-state index in [4.69, 9.17) is 32.8 Å². The Kier molecular flexibility index (Phi) is 12.5. The van der Waals surface area contributed by atoms with Crippen LogP contribution in [-0.2, 0) is 25.4 Å². The molecule has 1 aromatic heterocycles. The number of benzene rings is 2. The van der Waals surface area contributed by atoms with Crippen LogP contribution in [-0.4, -0.2) is 155 Å². The van der Waals surface area contributed by atoms with Crippen molar-refractivity contribution < 1.29 is 94.1 Å². The predicted molar refractivity (Wildman–Crippen MR) is 185 cm³/mol. The first kappa shape index (κ1) is 41.7. The van der Waals surface area contributed by atoms with E-state index >= 15 is 0 Å². The number of aliphatic hydroxyl groups is 10. The van der Waals surface area contributed by atoms with Crippen LogP contribution in [0.1, 0.15) is 19.4 Å². The molecule has 4 heterocycles. The third kappa shape index (κ3) is 8.08. The van der Waals surface area contributed by atoms with Crippen LogP contribution >= 0.6 is 0 Å². The molecule has 0 radical (unpaired) electrons. The average molecular weight is 797 g/mol. The molecule has 14 atom stereocenters. The van der Waals surface area contributed by atoms with Crippen molar-refractivity contribution in [1.82, 2.24) is 0 Å². The van der Waals surface area contributed by atoms with Crippen LogP contribution in [0.4, 0.5) is 0 Å². The fraction of sp³-hybridized carbons (Fsp3) is 0.528. The van der Waals surface area contributed by atoms with Gasteiger partial charge in [-0.05, 0) is 44.5 Å². The Morgan fingerprint density at radius 1 is 0.804 bits per heavy atom. The maximum absolute atomic E-state index is 14.6. The van der Waals surface area contributed by atoms with Gasteiger partial charge in [0.25, 0.3) is 0 Å². The third-order valence-electron chi connectivity index (χ3n) is 9.69. The number of aliphatic hydroxyl groups excluding tert-OH is 10. The van der Waals surface area contributed by atoms with Gasteiger partial charge < -0.3 is 94.1 Å². The van der Waals surface area contributed by atoms with Crippen molar-refractivity contribution in [3.05, 3.63) is 57.8 Å². The number of allylic oxidation sites excluding steroid dienone is 2. The molecule has 3 saturated heterocycles. The van der Waals surface area contributed by atoms with E-state index in [1.165, 1.54) is 24.3 Å². The van der Waals surface area contributed by atoms with E-state index < -0.39 is 122 Å². The van der Waals surface area contributed by atoms with Gasteiger partial charge in [0, 0.05) is 23.1 Å². The Morgan fingerprint density at radius 2 is 1.41 bits per heavy atom. The van der Waals surface area contributed by atoms with Gasteiger partial charge >= 0.3 is 0 Å². The van der Waals surface area contributed by atoms with Crippen molar-refractivity contribution in [3.8, 4) is 34.3 Å². The summed E-state index contributed by atoms with van der Waals surface area (Å²) in [7, 11) is 0. The average Bonchev–Trinajstić information content (AvgIpc) is 3.16. The molecule has 0 saturated carbocycles. The minimum Gasteiger partial charge on any atom is -0.508 e. The number of phenolic OH excluding ortho intramolecular Hbond substituents is 2. The molecule has 20 nitrogen and oxygen atoms in total. The van der Waals surface area contributed by atoms with Crippen LogP contribution in [0.15, 0.2) is 51.2 Å². The van der Waals surface area contributed by atoms with Crippen molar-refractivity contribution in [1.29, 1.82) is 0 Å². The first-order valence-electron chi connectivity index (χ1n) is 17.5. The SMILES string of the molecule is CC(C)=CCc1c(OC2OC(O)C(O)C(O)C2O)cc(O)c2c(=O)c(OC3OCC(O)C(CO)C3OC3OC(O)C(O)C(O)C3O)c(-c3ccc(O)cc3)oc12. The van der Waals surface area contributed by atoms with Crippen molar-refractivity contribution in [2.24, 2.45) is 5.92 Å². The number of phenols is 2. The summed E-state index contributed by atoms with van der Waals surface area (Å²) in [5.41, 5.74) is -0.276. The van der Waals surface area contributed by atoms with Gasteiger partial charge in [-0.2, -0.15) is 0 Å². The van der Waals surface area contributed by atoms with Gasteiger partial charge in [0.1, 0.15) is 70.9 Å². The second-order valence-corrected chi connectivity index (χ2v) is 13.9. The summed E-state index contributed by atoms with van der Waals surface area (Å²) < 4.78 is 40.1. The summed E-state index contributed by atoms with van der Waals surface area (Å²) in [6, 6.07) is 6.25. The minimum atomic E-state index is -2.03. The molecule has 56 heavy (non-hydrogen) atoms. The lowest BCUT2D eigenvalue weighted by Crippen LogP contribution is -2.62. The normalized spacial score (nSPS) is 34.9. The van der Waals surface area contributed by atoms with E-state index in [0.717, 1.165) is 11.6 Å². The molecule has 0 bridgehead atoms. The van der Waals surface area contributed by atoms with Crippen LogP contribution in [0, 0.1) is 5.92 Å². The highest BCUT2D eigenvalue weighted by Crippen LogP contribution is 2.42. The number of aromatic hydroxyl groups is 2. The molecule has 0 amide bonds. The lowest BCUT2D eigenvalue weighted by molar-refractivity contribution is -0.370. The summed E-state index contributed by atoms with van der Waals surface area (Å²) in [4.78, 5) is 14.6. The van der Waals surface area contributed by atoms with Gasteiger partial charge in [0.2, 0.25) is 23.8 Å².